The van der Waals surface area contributed by atoms with Crippen LogP contribution in [0.1, 0.15) is 11.3 Å². The van der Waals surface area contributed by atoms with Crippen molar-refractivity contribution in [2.45, 2.75) is 13.0 Å². The van der Waals surface area contributed by atoms with Gasteiger partial charge in [-0.25, -0.2) is 0 Å². The van der Waals surface area contributed by atoms with Crippen molar-refractivity contribution in [1.82, 2.24) is 20.4 Å². The third-order valence-corrected chi connectivity index (χ3v) is 4.90. The number of piperazine rings is 1. The minimum absolute atomic E-state index is 0. The molecule has 7 heteroatoms. The largest absolute Gasteiger partial charge is 0.469 e. The lowest BCUT2D eigenvalue weighted by Crippen LogP contribution is -2.49. The molecule has 1 aliphatic heterocycles. The Hall–Kier alpha value is -1.58. The van der Waals surface area contributed by atoms with Gasteiger partial charge in [0.15, 0.2) is 5.96 Å². The molecule has 0 bridgehead atoms. The van der Waals surface area contributed by atoms with Crippen molar-refractivity contribution in [2.24, 2.45) is 4.99 Å². The van der Waals surface area contributed by atoms with Crippen molar-refractivity contribution in [2.75, 3.05) is 52.9 Å². The quantitative estimate of drug-likeness (QED) is 0.334. The van der Waals surface area contributed by atoms with Crippen molar-refractivity contribution >= 4 is 29.9 Å². The summed E-state index contributed by atoms with van der Waals surface area (Å²) >= 11 is 0. The SMILES string of the molecule is CN=C(NCCc1ccco1)NCCN1CCN(Cc2ccccc2)CC1.I. The van der Waals surface area contributed by atoms with Gasteiger partial charge in [-0.05, 0) is 17.7 Å². The van der Waals surface area contributed by atoms with Gasteiger partial charge in [0.1, 0.15) is 5.76 Å². The van der Waals surface area contributed by atoms with Gasteiger partial charge in [0.25, 0.3) is 0 Å². The molecule has 2 heterocycles. The van der Waals surface area contributed by atoms with Crippen LogP contribution in [0.15, 0.2) is 58.1 Å². The Kier molecular flexibility index (Phi) is 10.4. The molecular formula is C21H32IN5O. The summed E-state index contributed by atoms with van der Waals surface area (Å²) in [5.41, 5.74) is 1.40. The molecule has 2 aromatic rings. The summed E-state index contributed by atoms with van der Waals surface area (Å²) in [5, 5.41) is 6.73. The summed E-state index contributed by atoms with van der Waals surface area (Å²) in [6, 6.07) is 14.6. The third kappa shape index (κ3) is 7.81. The van der Waals surface area contributed by atoms with Crippen molar-refractivity contribution < 1.29 is 4.42 Å². The maximum Gasteiger partial charge on any atom is 0.191 e. The normalized spacial score (nSPS) is 15.8. The maximum absolute atomic E-state index is 5.34. The Labute approximate surface area is 185 Å². The second-order valence-corrected chi connectivity index (χ2v) is 6.86. The van der Waals surface area contributed by atoms with Crippen LogP contribution in [0.5, 0.6) is 0 Å². The predicted molar refractivity (Wildman–Crippen MR) is 125 cm³/mol. The van der Waals surface area contributed by atoms with Gasteiger partial charge in [-0.15, -0.1) is 24.0 Å². The predicted octanol–water partition coefficient (Wildman–Crippen LogP) is 2.42. The molecule has 28 heavy (non-hydrogen) atoms. The van der Waals surface area contributed by atoms with Gasteiger partial charge in [0.2, 0.25) is 0 Å². The number of aliphatic imine (C=N–C) groups is 1. The number of nitrogens with one attached hydrogen (secondary N) is 2. The van der Waals surface area contributed by atoms with Gasteiger partial charge >= 0.3 is 0 Å². The van der Waals surface area contributed by atoms with Gasteiger partial charge in [-0.3, -0.25) is 14.8 Å². The molecule has 2 N–H and O–H groups in total. The average Bonchev–Trinajstić information content (AvgIpc) is 3.22. The Bertz CT molecular complexity index is 669. The van der Waals surface area contributed by atoms with Crippen LogP contribution in [0.25, 0.3) is 0 Å². The molecule has 1 aromatic carbocycles. The van der Waals surface area contributed by atoms with Gasteiger partial charge in [0.05, 0.1) is 6.26 Å². The molecule has 3 rings (SSSR count). The van der Waals surface area contributed by atoms with E-state index in [1.165, 1.54) is 5.56 Å². The number of rotatable bonds is 8. The number of hydrogen-bond acceptors (Lipinski definition) is 4. The Balaban J connectivity index is 0.00000280. The summed E-state index contributed by atoms with van der Waals surface area (Å²) in [6.07, 6.45) is 2.57. The number of benzene rings is 1. The average molecular weight is 497 g/mol. The van der Waals surface area contributed by atoms with E-state index in [4.69, 9.17) is 4.42 Å². The molecule has 1 fully saturated rings. The van der Waals surface area contributed by atoms with E-state index >= 15 is 0 Å². The Morgan fingerprint density at radius 1 is 0.964 bits per heavy atom. The number of hydrogen-bond donors (Lipinski definition) is 2. The van der Waals surface area contributed by atoms with Gasteiger partial charge < -0.3 is 15.1 Å². The topological polar surface area (TPSA) is 56.0 Å². The summed E-state index contributed by atoms with van der Waals surface area (Å²) in [4.78, 5) is 9.34. The van der Waals surface area contributed by atoms with E-state index < -0.39 is 0 Å². The monoisotopic (exact) mass is 497 g/mol. The molecule has 0 saturated carbocycles. The van der Waals surface area contributed by atoms with Crippen molar-refractivity contribution in [3.8, 4) is 0 Å². The first-order chi connectivity index (χ1) is 13.3. The number of guanidine groups is 1. The fourth-order valence-electron chi connectivity index (χ4n) is 3.32. The highest BCUT2D eigenvalue weighted by atomic mass is 127. The zero-order valence-electron chi connectivity index (χ0n) is 16.6. The fourth-order valence-corrected chi connectivity index (χ4v) is 3.32. The van der Waals surface area contributed by atoms with Crippen molar-refractivity contribution in [3.05, 3.63) is 60.1 Å². The number of halogens is 1. The maximum atomic E-state index is 5.34. The van der Waals surface area contributed by atoms with Crippen LogP contribution in [-0.2, 0) is 13.0 Å². The second-order valence-electron chi connectivity index (χ2n) is 6.86. The molecule has 6 nitrogen and oxygen atoms in total. The number of nitrogens with zero attached hydrogens (tertiary/aromatic N) is 3. The molecule has 1 aliphatic rings. The van der Waals surface area contributed by atoms with E-state index in [-0.39, 0.29) is 24.0 Å². The molecule has 1 aromatic heterocycles. The van der Waals surface area contributed by atoms with Crippen molar-refractivity contribution in [3.63, 3.8) is 0 Å². The van der Waals surface area contributed by atoms with E-state index in [0.29, 0.717) is 0 Å². The van der Waals surface area contributed by atoms with Crippen LogP contribution in [0.3, 0.4) is 0 Å². The second kappa shape index (κ2) is 12.8. The minimum Gasteiger partial charge on any atom is -0.469 e. The standard InChI is InChI=1S/C21H31N5O.HI/c1-22-21(23-10-9-20-8-5-17-27-20)24-11-12-25-13-15-26(16-14-25)18-19-6-3-2-4-7-19;/h2-8,17H,9-16,18H2,1H3,(H2,22,23,24);1H. The summed E-state index contributed by atoms with van der Waals surface area (Å²) in [5.74, 6) is 1.84. The van der Waals surface area contributed by atoms with Crippen molar-refractivity contribution in [1.29, 1.82) is 0 Å². The molecule has 0 spiro atoms. The number of furan rings is 1. The first kappa shape index (κ1) is 22.7. The zero-order chi connectivity index (χ0) is 18.7. The van der Waals surface area contributed by atoms with Crippen LogP contribution in [0.4, 0.5) is 0 Å². The molecule has 154 valence electrons. The smallest absolute Gasteiger partial charge is 0.191 e. The van der Waals surface area contributed by atoms with E-state index in [2.05, 4.69) is 55.8 Å². The summed E-state index contributed by atoms with van der Waals surface area (Å²) in [6.45, 7) is 8.32. The van der Waals surface area contributed by atoms with Crippen LogP contribution in [0, 0.1) is 0 Å². The minimum atomic E-state index is 0. The Morgan fingerprint density at radius 3 is 2.36 bits per heavy atom. The molecule has 0 aliphatic carbocycles. The fraction of sp³-hybridized carbons (Fsp3) is 0.476. The lowest BCUT2D eigenvalue weighted by Gasteiger charge is -2.34. The summed E-state index contributed by atoms with van der Waals surface area (Å²) in [7, 11) is 1.81. The van der Waals surface area contributed by atoms with Crippen LogP contribution >= 0.6 is 24.0 Å². The highest BCUT2D eigenvalue weighted by Gasteiger charge is 2.16. The Morgan fingerprint density at radius 2 is 1.68 bits per heavy atom. The third-order valence-electron chi connectivity index (χ3n) is 4.90. The van der Waals surface area contributed by atoms with E-state index in [1.807, 2.05) is 19.2 Å². The first-order valence-electron chi connectivity index (χ1n) is 9.79. The van der Waals surface area contributed by atoms with Crippen LogP contribution in [0.2, 0.25) is 0 Å². The highest BCUT2D eigenvalue weighted by molar-refractivity contribution is 14.0. The molecular weight excluding hydrogens is 465 g/mol. The molecule has 0 amide bonds. The van der Waals surface area contributed by atoms with E-state index in [0.717, 1.165) is 70.5 Å². The van der Waals surface area contributed by atoms with E-state index in [9.17, 15) is 0 Å². The summed E-state index contributed by atoms with van der Waals surface area (Å²) < 4.78 is 5.34. The van der Waals surface area contributed by atoms with Crippen LogP contribution < -0.4 is 10.6 Å². The van der Waals surface area contributed by atoms with Gasteiger partial charge in [0, 0.05) is 65.8 Å². The highest BCUT2D eigenvalue weighted by Crippen LogP contribution is 2.08. The lowest BCUT2D eigenvalue weighted by molar-refractivity contribution is 0.129. The first-order valence-corrected chi connectivity index (χ1v) is 9.79. The van der Waals surface area contributed by atoms with Gasteiger partial charge in [-0.1, -0.05) is 30.3 Å². The lowest BCUT2D eigenvalue weighted by atomic mass is 10.2. The van der Waals surface area contributed by atoms with E-state index in [1.54, 1.807) is 6.26 Å². The molecule has 0 unspecified atom stereocenters. The zero-order valence-corrected chi connectivity index (χ0v) is 19.0. The molecule has 0 radical (unpaired) electrons. The van der Waals surface area contributed by atoms with Crippen LogP contribution in [-0.4, -0.2) is 68.6 Å². The molecule has 0 atom stereocenters. The molecule has 1 saturated heterocycles. The van der Waals surface area contributed by atoms with Gasteiger partial charge in [-0.2, -0.15) is 0 Å².